The Labute approximate surface area is 126 Å². The Bertz CT molecular complexity index is 429. The molecule has 21 heavy (non-hydrogen) atoms. The number of hydrogen-bond donors (Lipinski definition) is 1. The minimum absolute atomic E-state index is 0.157. The summed E-state index contributed by atoms with van der Waals surface area (Å²) in [7, 11) is 0. The smallest absolute Gasteiger partial charge is 0.149 e. The highest BCUT2D eigenvalue weighted by Crippen LogP contribution is 2.27. The molecule has 0 spiro atoms. The molecule has 1 fully saturated rings. The summed E-state index contributed by atoms with van der Waals surface area (Å²) >= 11 is 0. The minimum Gasteiger partial charge on any atom is -0.367 e. The number of rotatable bonds is 5. The van der Waals surface area contributed by atoms with Crippen LogP contribution >= 0.6 is 0 Å². The van der Waals surface area contributed by atoms with Gasteiger partial charge in [-0.3, -0.25) is 0 Å². The summed E-state index contributed by atoms with van der Waals surface area (Å²) in [6.45, 7) is 7.06. The van der Waals surface area contributed by atoms with Crippen molar-refractivity contribution >= 4 is 5.69 Å². The summed E-state index contributed by atoms with van der Waals surface area (Å²) < 4.78 is 28.6. The van der Waals surface area contributed by atoms with Crippen molar-refractivity contribution in [3.63, 3.8) is 0 Å². The van der Waals surface area contributed by atoms with Gasteiger partial charge in [-0.25, -0.2) is 8.78 Å². The second-order valence-corrected chi connectivity index (χ2v) is 6.33. The summed E-state index contributed by atoms with van der Waals surface area (Å²) in [5.41, 5.74) is 0.828. The maximum Gasteiger partial charge on any atom is 0.149 e. The molecular weight excluding hydrogens is 270 g/mol. The van der Waals surface area contributed by atoms with Gasteiger partial charge in [0, 0.05) is 19.6 Å². The van der Waals surface area contributed by atoms with E-state index in [0.29, 0.717) is 18.0 Å². The first-order chi connectivity index (χ1) is 10.1. The molecule has 0 unspecified atom stereocenters. The zero-order valence-electron chi connectivity index (χ0n) is 13.1. The molecule has 1 aliphatic heterocycles. The lowest BCUT2D eigenvalue weighted by Gasteiger charge is -2.24. The monoisotopic (exact) mass is 296 g/mol. The van der Waals surface area contributed by atoms with E-state index in [1.54, 1.807) is 0 Å². The highest BCUT2D eigenvalue weighted by atomic mass is 19.1. The Balaban J connectivity index is 2.09. The highest BCUT2D eigenvalue weighted by molar-refractivity contribution is 5.50. The zero-order valence-corrected chi connectivity index (χ0v) is 13.1. The number of halogens is 2. The Hall–Kier alpha value is -1.16. The second-order valence-electron chi connectivity index (χ2n) is 6.33. The van der Waals surface area contributed by atoms with Crippen molar-refractivity contribution in [1.29, 1.82) is 0 Å². The summed E-state index contributed by atoms with van der Waals surface area (Å²) in [4.78, 5) is 1.86. The predicted molar refractivity (Wildman–Crippen MR) is 83.6 cm³/mol. The maximum atomic E-state index is 14.3. The van der Waals surface area contributed by atoms with E-state index >= 15 is 0 Å². The van der Waals surface area contributed by atoms with E-state index in [-0.39, 0.29) is 5.69 Å². The van der Waals surface area contributed by atoms with Gasteiger partial charge >= 0.3 is 0 Å². The quantitative estimate of drug-likeness (QED) is 0.880. The average molecular weight is 296 g/mol. The Morgan fingerprint density at radius 2 is 1.62 bits per heavy atom. The van der Waals surface area contributed by atoms with Gasteiger partial charge in [-0.1, -0.05) is 26.7 Å². The van der Waals surface area contributed by atoms with Crippen molar-refractivity contribution in [3.8, 4) is 0 Å². The van der Waals surface area contributed by atoms with E-state index < -0.39 is 11.6 Å². The molecule has 1 aromatic carbocycles. The van der Waals surface area contributed by atoms with E-state index in [4.69, 9.17) is 0 Å². The predicted octanol–water partition coefficient (Wildman–Crippen LogP) is 4.09. The van der Waals surface area contributed by atoms with Crippen LogP contribution in [0.5, 0.6) is 0 Å². The third-order valence-electron chi connectivity index (χ3n) is 3.88. The van der Waals surface area contributed by atoms with Gasteiger partial charge in [-0.2, -0.15) is 0 Å². The third-order valence-corrected chi connectivity index (χ3v) is 3.88. The van der Waals surface area contributed by atoms with Gasteiger partial charge in [0.1, 0.15) is 17.3 Å². The van der Waals surface area contributed by atoms with Crippen LogP contribution in [0.15, 0.2) is 12.1 Å². The number of anilines is 1. The number of hydrogen-bond acceptors (Lipinski definition) is 2. The molecule has 118 valence electrons. The largest absolute Gasteiger partial charge is 0.367 e. The maximum absolute atomic E-state index is 14.3. The van der Waals surface area contributed by atoms with Gasteiger partial charge in [0.05, 0.1) is 0 Å². The van der Waals surface area contributed by atoms with Gasteiger partial charge in [0.2, 0.25) is 0 Å². The number of nitrogens with zero attached hydrogens (tertiary/aromatic N) is 1. The molecule has 0 aromatic heterocycles. The molecule has 1 aliphatic rings. The van der Waals surface area contributed by atoms with Crippen molar-refractivity contribution < 1.29 is 8.78 Å². The molecule has 0 radical (unpaired) electrons. The molecule has 0 saturated carbocycles. The topological polar surface area (TPSA) is 15.3 Å². The standard InChI is InChI=1S/C17H26F2N2/c1-13(2)11-20-12-14-9-15(18)17(16(19)10-14)21-7-5-3-4-6-8-21/h9-10,13,20H,3-8,11-12H2,1-2H3. The molecule has 0 aliphatic carbocycles. The van der Waals surface area contributed by atoms with Crippen molar-refractivity contribution in [2.24, 2.45) is 5.92 Å². The number of nitrogens with one attached hydrogen (secondary N) is 1. The van der Waals surface area contributed by atoms with E-state index in [0.717, 1.165) is 45.3 Å². The highest BCUT2D eigenvalue weighted by Gasteiger charge is 2.19. The van der Waals surface area contributed by atoms with E-state index in [2.05, 4.69) is 19.2 Å². The van der Waals surface area contributed by atoms with Gasteiger partial charge in [-0.15, -0.1) is 0 Å². The lowest BCUT2D eigenvalue weighted by Crippen LogP contribution is -2.26. The summed E-state index contributed by atoms with van der Waals surface area (Å²) in [5, 5.41) is 3.22. The lowest BCUT2D eigenvalue weighted by molar-refractivity contribution is 0.541. The van der Waals surface area contributed by atoms with Crippen molar-refractivity contribution in [2.75, 3.05) is 24.5 Å². The van der Waals surface area contributed by atoms with Crippen LogP contribution in [0, 0.1) is 17.6 Å². The molecule has 2 nitrogen and oxygen atoms in total. The third kappa shape index (κ3) is 4.67. The van der Waals surface area contributed by atoms with Gasteiger partial charge < -0.3 is 10.2 Å². The minimum atomic E-state index is -0.432. The molecular formula is C17H26F2N2. The fraction of sp³-hybridized carbons (Fsp3) is 0.647. The van der Waals surface area contributed by atoms with E-state index in [1.165, 1.54) is 12.1 Å². The zero-order chi connectivity index (χ0) is 15.2. The van der Waals surface area contributed by atoms with Crippen LogP contribution in [-0.4, -0.2) is 19.6 Å². The second kappa shape index (κ2) is 7.74. The molecule has 0 bridgehead atoms. The van der Waals surface area contributed by atoms with Crippen molar-refractivity contribution in [3.05, 3.63) is 29.3 Å². The van der Waals surface area contributed by atoms with Crippen LogP contribution < -0.4 is 10.2 Å². The van der Waals surface area contributed by atoms with Crippen molar-refractivity contribution in [1.82, 2.24) is 5.32 Å². The van der Waals surface area contributed by atoms with Crippen LogP contribution in [0.2, 0.25) is 0 Å². The molecule has 1 heterocycles. The lowest BCUT2D eigenvalue weighted by atomic mass is 10.1. The van der Waals surface area contributed by atoms with Crippen LogP contribution in [0.4, 0.5) is 14.5 Å². The summed E-state index contributed by atoms with van der Waals surface area (Å²) in [6, 6.07) is 2.94. The SMILES string of the molecule is CC(C)CNCc1cc(F)c(N2CCCCCC2)c(F)c1. The molecule has 0 amide bonds. The first kappa shape index (κ1) is 16.2. The molecule has 2 rings (SSSR count). The molecule has 4 heteroatoms. The Morgan fingerprint density at radius 3 is 2.14 bits per heavy atom. The van der Waals surface area contributed by atoms with Crippen LogP contribution in [0.25, 0.3) is 0 Å². The molecule has 0 atom stereocenters. The van der Waals surface area contributed by atoms with Gasteiger partial charge in [0.25, 0.3) is 0 Å². The number of benzene rings is 1. The molecule has 1 aromatic rings. The van der Waals surface area contributed by atoms with E-state index in [1.807, 2.05) is 4.90 Å². The van der Waals surface area contributed by atoms with Crippen LogP contribution in [-0.2, 0) is 6.54 Å². The fourth-order valence-electron chi connectivity index (χ4n) is 2.82. The first-order valence-electron chi connectivity index (χ1n) is 8.01. The normalized spacial score (nSPS) is 16.3. The van der Waals surface area contributed by atoms with Gasteiger partial charge in [-0.05, 0) is 43.0 Å². The van der Waals surface area contributed by atoms with Crippen LogP contribution in [0.3, 0.4) is 0 Å². The van der Waals surface area contributed by atoms with Crippen molar-refractivity contribution in [2.45, 2.75) is 46.1 Å². The van der Waals surface area contributed by atoms with Crippen LogP contribution in [0.1, 0.15) is 45.1 Å². The molecule has 1 N–H and O–H groups in total. The first-order valence-corrected chi connectivity index (χ1v) is 8.01. The molecule has 1 saturated heterocycles. The fourth-order valence-corrected chi connectivity index (χ4v) is 2.82. The Kier molecular flexibility index (Phi) is 5.97. The summed E-state index contributed by atoms with van der Waals surface area (Å²) in [6.07, 6.45) is 4.32. The Morgan fingerprint density at radius 1 is 1.05 bits per heavy atom. The van der Waals surface area contributed by atoms with E-state index in [9.17, 15) is 8.78 Å². The summed E-state index contributed by atoms with van der Waals surface area (Å²) in [5.74, 6) is -0.340. The average Bonchev–Trinajstić information content (AvgIpc) is 2.66. The van der Waals surface area contributed by atoms with Gasteiger partial charge in [0.15, 0.2) is 0 Å².